The summed E-state index contributed by atoms with van der Waals surface area (Å²) < 4.78 is 11.6. The maximum atomic E-state index is 10.6. The quantitative estimate of drug-likeness (QED) is 0.612. The number of non-ortho nitro benzene ring substituents is 1. The number of benzene rings is 1. The van der Waals surface area contributed by atoms with Crippen molar-refractivity contribution in [3.8, 4) is 5.75 Å². The minimum absolute atomic E-state index is 0.000422. The molecule has 0 bridgehead atoms. The van der Waals surface area contributed by atoms with Crippen molar-refractivity contribution in [1.82, 2.24) is 5.32 Å². The molecule has 1 aromatic carbocycles. The molecule has 0 saturated heterocycles. The first-order valence-electron chi connectivity index (χ1n) is 6.85. The van der Waals surface area contributed by atoms with Crippen LogP contribution < -0.4 is 10.1 Å². The van der Waals surface area contributed by atoms with Gasteiger partial charge in [0.1, 0.15) is 18.0 Å². The third-order valence-corrected chi connectivity index (χ3v) is 3.47. The molecule has 1 aliphatic carbocycles. The van der Waals surface area contributed by atoms with Gasteiger partial charge in [0.25, 0.3) is 5.69 Å². The van der Waals surface area contributed by atoms with Crippen molar-refractivity contribution in [2.45, 2.75) is 38.0 Å². The minimum Gasteiger partial charge on any atom is -0.488 e. The highest BCUT2D eigenvalue weighted by molar-refractivity contribution is 5.36. The maximum Gasteiger partial charge on any atom is 0.269 e. The number of nitro groups is 1. The van der Waals surface area contributed by atoms with Crippen LogP contribution in [0.4, 0.5) is 5.69 Å². The Kier molecular flexibility index (Phi) is 4.92. The van der Waals surface area contributed by atoms with E-state index >= 15 is 0 Å². The molecule has 6 heteroatoms. The molecule has 0 heterocycles. The molecule has 0 spiro atoms. The molecular weight excluding hydrogens is 260 g/mol. The Labute approximate surface area is 118 Å². The monoisotopic (exact) mass is 280 g/mol. The first kappa shape index (κ1) is 14.7. The molecule has 3 atom stereocenters. The molecule has 1 aliphatic rings. The average molecular weight is 280 g/mol. The van der Waals surface area contributed by atoms with E-state index < -0.39 is 4.92 Å². The van der Waals surface area contributed by atoms with Gasteiger partial charge in [-0.25, -0.2) is 0 Å². The maximum absolute atomic E-state index is 10.6. The summed E-state index contributed by atoms with van der Waals surface area (Å²) in [5.41, 5.74) is 0.0674. The van der Waals surface area contributed by atoms with Crippen molar-refractivity contribution >= 4 is 5.69 Å². The number of nitro benzene ring substituents is 1. The minimum atomic E-state index is -0.419. The summed E-state index contributed by atoms with van der Waals surface area (Å²) in [5, 5.41) is 13.8. The summed E-state index contributed by atoms with van der Waals surface area (Å²) in [7, 11) is 1.91. The number of nitrogens with one attached hydrogen (secondary N) is 1. The molecular formula is C14H20N2O4. The van der Waals surface area contributed by atoms with Crippen LogP contribution in [-0.4, -0.2) is 36.8 Å². The van der Waals surface area contributed by atoms with Gasteiger partial charge in [-0.05, 0) is 25.6 Å². The van der Waals surface area contributed by atoms with Gasteiger partial charge in [-0.2, -0.15) is 0 Å². The highest BCUT2D eigenvalue weighted by Gasteiger charge is 2.42. The molecule has 2 rings (SSSR count). The number of ether oxygens (including phenoxy) is 2. The van der Waals surface area contributed by atoms with E-state index in [-0.39, 0.29) is 17.9 Å². The van der Waals surface area contributed by atoms with E-state index in [9.17, 15) is 10.1 Å². The van der Waals surface area contributed by atoms with Crippen molar-refractivity contribution in [2.75, 3.05) is 13.7 Å². The van der Waals surface area contributed by atoms with E-state index in [0.717, 1.165) is 12.8 Å². The SMILES string of the molecule is CCCOC1C(NC)CC1Oc1ccc([N+](=O)[O-])cc1. The van der Waals surface area contributed by atoms with Crippen LogP contribution in [0.1, 0.15) is 19.8 Å². The Balaban J connectivity index is 1.93. The van der Waals surface area contributed by atoms with Gasteiger partial charge >= 0.3 is 0 Å². The molecule has 0 aliphatic heterocycles. The molecule has 1 fully saturated rings. The number of rotatable bonds is 7. The summed E-state index contributed by atoms with van der Waals surface area (Å²) in [6.45, 7) is 2.78. The van der Waals surface area contributed by atoms with E-state index in [1.807, 2.05) is 7.05 Å². The first-order valence-corrected chi connectivity index (χ1v) is 6.85. The van der Waals surface area contributed by atoms with Crippen molar-refractivity contribution in [2.24, 2.45) is 0 Å². The summed E-state index contributed by atoms with van der Waals surface area (Å²) in [6.07, 6.45) is 1.88. The average Bonchev–Trinajstić information content (AvgIpc) is 2.44. The van der Waals surface area contributed by atoms with Crippen molar-refractivity contribution < 1.29 is 14.4 Å². The second-order valence-electron chi connectivity index (χ2n) is 4.87. The molecule has 6 nitrogen and oxygen atoms in total. The molecule has 0 aromatic heterocycles. The van der Waals surface area contributed by atoms with Crippen molar-refractivity contribution in [3.05, 3.63) is 34.4 Å². The lowest BCUT2D eigenvalue weighted by molar-refractivity contribution is -0.384. The third kappa shape index (κ3) is 3.26. The van der Waals surface area contributed by atoms with Crippen LogP contribution in [0.5, 0.6) is 5.75 Å². The van der Waals surface area contributed by atoms with Crippen LogP contribution in [0.15, 0.2) is 24.3 Å². The normalized spacial score (nSPS) is 25.0. The van der Waals surface area contributed by atoms with Crippen LogP contribution in [0, 0.1) is 10.1 Å². The fourth-order valence-electron chi connectivity index (χ4n) is 2.28. The Bertz CT molecular complexity index is 449. The second kappa shape index (κ2) is 6.67. The van der Waals surface area contributed by atoms with Gasteiger partial charge < -0.3 is 14.8 Å². The smallest absolute Gasteiger partial charge is 0.269 e. The predicted octanol–water partition coefficient (Wildman–Crippen LogP) is 2.13. The molecule has 110 valence electrons. The van der Waals surface area contributed by atoms with E-state index in [4.69, 9.17) is 9.47 Å². The van der Waals surface area contributed by atoms with Gasteiger partial charge in [-0.15, -0.1) is 0 Å². The zero-order chi connectivity index (χ0) is 14.5. The Morgan fingerprint density at radius 2 is 2.10 bits per heavy atom. The van der Waals surface area contributed by atoms with Crippen molar-refractivity contribution in [3.63, 3.8) is 0 Å². The van der Waals surface area contributed by atoms with Crippen LogP contribution in [0.25, 0.3) is 0 Å². The van der Waals surface area contributed by atoms with Gasteiger partial charge in [0, 0.05) is 31.2 Å². The van der Waals surface area contributed by atoms with Crippen LogP contribution >= 0.6 is 0 Å². The third-order valence-electron chi connectivity index (χ3n) is 3.47. The lowest BCUT2D eigenvalue weighted by Crippen LogP contribution is -2.60. The highest BCUT2D eigenvalue weighted by atomic mass is 16.6. The molecule has 0 amide bonds. The summed E-state index contributed by atoms with van der Waals surface area (Å²) in [5.74, 6) is 0.639. The number of nitrogens with zero attached hydrogens (tertiary/aromatic N) is 1. The molecule has 20 heavy (non-hydrogen) atoms. The fraction of sp³-hybridized carbons (Fsp3) is 0.571. The van der Waals surface area contributed by atoms with E-state index in [0.29, 0.717) is 18.4 Å². The van der Waals surface area contributed by atoms with Gasteiger partial charge in [0.05, 0.1) is 4.92 Å². The Morgan fingerprint density at radius 3 is 2.65 bits per heavy atom. The summed E-state index contributed by atoms with van der Waals surface area (Å²) in [6, 6.07) is 6.46. The Hall–Kier alpha value is -1.66. The zero-order valence-corrected chi connectivity index (χ0v) is 11.7. The molecule has 0 radical (unpaired) electrons. The fourth-order valence-corrected chi connectivity index (χ4v) is 2.28. The number of likely N-dealkylation sites (N-methyl/N-ethyl adjacent to an activating group) is 1. The molecule has 1 aromatic rings. The lowest BCUT2D eigenvalue weighted by atomic mass is 9.85. The second-order valence-corrected chi connectivity index (χ2v) is 4.87. The molecule has 3 unspecified atom stereocenters. The summed E-state index contributed by atoms with van der Waals surface area (Å²) >= 11 is 0. The zero-order valence-electron chi connectivity index (χ0n) is 11.7. The van der Waals surface area contributed by atoms with Gasteiger partial charge in [-0.1, -0.05) is 6.92 Å². The molecule has 1 saturated carbocycles. The van der Waals surface area contributed by atoms with Gasteiger partial charge in [0.15, 0.2) is 0 Å². The van der Waals surface area contributed by atoms with E-state index in [1.165, 1.54) is 12.1 Å². The number of hydrogen-bond acceptors (Lipinski definition) is 5. The van der Waals surface area contributed by atoms with Crippen LogP contribution in [0.2, 0.25) is 0 Å². The summed E-state index contributed by atoms with van der Waals surface area (Å²) in [4.78, 5) is 10.2. The van der Waals surface area contributed by atoms with Crippen LogP contribution in [-0.2, 0) is 4.74 Å². The van der Waals surface area contributed by atoms with Crippen molar-refractivity contribution in [1.29, 1.82) is 0 Å². The standard InChI is InChI=1S/C14H20N2O4/c1-3-8-19-14-12(15-2)9-13(14)20-11-6-4-10(5-7-11)16(17)18/h4-7,12-15H,3,8-9H2,1-2H3. The first-order chi connectivity index (χ1) is 9.65. The van der Waals surface area contributed by atoms with E-state index in [1.54, 1.807) is 12.1 Å². The number of hydrogen-bond donors (Lipinski definition) is 1. The largest absolute Gasteiger partial charge is 0.488 e. The van der Waals surface area contributed by atoms with Gasteiger partial charge in [0.2, 0.25) is 0 Å². The van der Waals surface area contributed by atoms with E-state index in [2.05, 4.69) is 12.2 Å². The van der Waals surface area contributed by atoms with Gasteiger partial charge in [-0.3, -0.25) is 10.1 Å². The topological polar surface area (TPSA) is 73.6 Å². The predicted molar refractivity (Wildman–Crippen MR) is 75.0 cm³/mol. The highest BCUT2D eigenvalue weighted by Crippen LogP contribution is 2.29. The van der Waals surface area contributed by atoms with Crippen LogP contribution in [0.3, 0.4) is 0 Å². The molecule has 1 N–H and O–H groups in total. The lowest BCUT2D eigenvalue weighted by Gasteiger charge is -2.43. The Morgan fingerprint density at radius 1 is 1.40 bits per heavy atom.